The summed E-state index contributed by atoms with van der Waals surface area (Å²) in [6.45, 7) is 7.56. The van der Waals surface area contributed by atoms with Crippen LogP contribution in [0.5, 0.6) is 11.5 Å². The van der Waals surface area contributed by atoms with Gasteiger partial charge in [0, 0.05) is 12.2 Å². The van der Waals surface area contributed by atoms with Gasteiger partial charge in [0.1, 0.15) is 37.9 Å². The molecule has 0 bridgehead atoms. The molecule has 0 saturated carbocycles. The first-order valence-corrected chi connectivity index (χ1v) is 9.33. The van der Waals surface area contributed by atoms with Crippen molar-refractivity contribution in [1.29, 1.82) is 0 Å². The third-order valence-corrected chi connectivity index (χ3v) is 3.75. The fourth-order valence-corrected chi connectivity index (χ4v) is 2.26. The second-order valence-electron chi connectivity index (χ2n) is 5.91. The third-order valence-electron chi connectivity index (χ3n) is 3.75. The highest BCUT2D eigenvalue weighted by molar-refractivity contribution is 5.81. The average molecular weight is 408 g/mol. The van der Waals surface area contributed by atoms with Gasteiger partial charge in [-0.05, 0) is 35.4 Å². The predicted molar refractivity (Wildman–Crippen MR) is 115 cm³/mol. The van der Waals surface area contributed by atoms with E-state index < -0.39 is 11.9 Å². The standard InChI is InChI=1S/C24H24O6/c1-3-23(25)29-17-15-27-21-11-7-19(8-12-21)5-6-20-9-13-22(14-10-20)28-16-18-30-24(26)4-2/h3-14H,1-2,15-18H2/b6-5+. The molecule has 156 valence electrons. The van der Waals surface area contributed by atoms with Gasteiger partial charge in [0.05, 0.1) is 0 Å². The molecule has 0 heterocycles. The molecule has 0 amide bonds. The second-order valence-corrected chi connectivity index (χ2v) is 5.91. The SMILES string of the molecule is C=CC(=O)OCCOc1ccc(/C=C/c2ccc(OCCOC(=O)C=C)cc2)cc1. The molecular formula is C24H24O6. The number of hydrogen-bond donors (Lipinski definition) is 0. The van der Waals surface area contributed by atoms with E-state index in [2.05, 4.69) is 13.2 Å². The summed E-state index contributed by atoms with van der Waals surface area (Å²) in [6, 6.07) is 15.1. The number of esters is 2. The molecule has 30 heavy (non-hydrogen) atoms. The van der Waals surface area contributed by atoms with E-state index in [1.54, 1.807) is 0 Å². The van der Waals surface area contributed by atoms with Crippen molar-refractivity contribution in [2.24, 2.45) is 0 Å². The lowest BCUT2D eigenvalue weighted by molar-refractivity contribution is -0.139. The molecule has 0 aliphatic rings. The molecule has 6 nitrogen and oxygen atoms in total. The van der Waals surface area contributed by atoms with Crippen molar-refractivity contribution >= 4 is 24.1 Å². The summed E-state index contributed by atoms with van der Waals surface area (Å²) in [7, 11) is 0. The van der Waals surface area contributed by atoms with Crippen LogP contribution in [-0.4, -0.2) is 38.4 Å². The van der Waals surface area contributed by atoms with Gasteiger partial charge in [-0.15, -0.1) is 0 Å². The van der Waals surface area contributed by atoms with Crippen molar-refractivity contribution < 1.29 is 28.5 Å². The zero-order valence-electron chi connectivity index (χ0n) is 16.6. The highest BCUT2D eigenvalue weighted by Gasteiger charge is 1.99. The topological polar surface area (TPSA) is 71.1 Å². The lowest BCUT2D eigenvalue weighted by Gasteiger charge is -2.07. The van der Waals surface area contributed by atoms with E-state index in [0.717, 1.165) is 23.3 Å². The molecule has 0 aromatic heterocycles. The van der Waals surface area contributed by atoms with Crippen molar-refractivity contribution in [3.05, 3.63) is 85.0 Å². The normalized spacial score (nSPS) is 10.3. The Hall–Kier alpha value is -3.80. The molecule has 0 fully saturated rings. The van der Waals surface area contributed by atoms with E-state index in [9.17, 15) is 9.59 Å². The van der Waals surface area contributed by atoms with Crippen LogP contribution in [0.3, 0.4) is 0 Å². The third kappa shape index (κ3) is 8.48. The summed E-state index contributed by atoms with van der Waals surface area (Å²) in [4.78, 5) is 21.9. The van der Waals surface area contributed by atoms with E-state index in [1.807, 2.05) is 60.7 Å². The van der Waals surface area contributed by atoms with Crippen LogP contribution in [-0.2, 0) is 19.1 Å². The van der Waals surface area contributed by atoms with Gasteiger partial charge < -0.3 is 18.9 Å². The minimum Gasteiger partial charge on any atom is -0.490 e. The van der Waals surface area contributed by atoms with E-state index >= 15 is 0 Å². The Morgan fingerprint density at radius 2 is 1.00 bits per heavy atom. The number of carbonyl (C=O) groups excluding carboxylic acids is 2. The minimum absolute atomic E-state index is 0.173. The van der Waals surface area contributed by atoms with Gasteiger partial charge in [0.15, 0.2) is 0 Å². The van der Waals surface area contributed by atoms with Gasteiger partial charge in [0.25, 0.3) is 0 Å². The zero-order valence-corrected chi connectivity index (χ0v) is 16.6. The van der Waals surface area contributed by atoms with Crippen LogP contribution in [0.2, 0.25) is 0 Å². The number of benzene rings is 2. The highest BCUT2D eigenvalue weighted by Crippen LogP contribution is 2.17. The molecule has 0 radical (unpaired) electrons. The van der Waals surface area contributed by atoms with Gasteiger partial charge in [-0.25, -0.2) is 9.59 Å². The van der Waals surface area contributed by atoms with Crippen LogP contribution < -0.4 is 9.47 Å². The van der Waals surface area contributed by atoms with Crippen LogP contribution in [0.1, 0.15) is 11.1 Å². The van der Waals surface area contributed by atoms with E-state index in [1.165, 1.54) is 0 Å². The van der Waals surface area contributed by atoms with Crippen molar-refractivity contribution in [2.75, 3.05) is 26.4 Å². The van der Waals surface area contributed by atoms with Gasteiger partial charge >= 0.3 is 11.9 Å². The fraction of sp³-hybridized carbons (Fsp3) is 0.167. The summed E-state index contributed by atoms with van der Waals surface area (Å²) < 4.78 is 20.7. The summed E-state index contributed by atoms with van der Waals surface area (Å²) in [5, 5.41) is 0. The van der Waals surface area contributed by atoms with E-state index in [0.29, 0.717) is 11.5 Å². The molecule has 2 rings (SSSR count). The van der Waals surface area contributed by atoms with E-state index in [-0.39, 0.29) is 26.4 Å². The zero-order chi connectivity index (χ0) is 21.6. The van der Waals surface area contributed by atoms with Gasteiger partial charge in [-0.1, -0.05) is 49.6 Å². The minimum atomic E-state index is -0.465. The van der Waals surface area contributed by atoms with Crippen LogP contribution in [0.25, 0.3) is 12.2 Å². The quantitative estimate of drug-likeness (QED) is 0.228. The average Bonchev–Trinajstić information content (AvgIpc) is 2.79. The van der Waals surface area contributed by atoms with Gasteiger partial charge in [-0.3, -0.25) is 0 Å². The molecule has 0 atom stereocenters. The largest absolute Gasteiger partial charge is 0.490 e. The van der Waals surface area contributed by atoms with Crippen LogP contribution in [0.4, 0.5) is 0 Å². The van der Waals surface area contributed by atoms with Crippen molar-refractivity contribution in [1.82, 2.24) is 0 Å². The van der Waals surface area contributed by atoms with Crippen LogP contribution >= 0.6 is 0 Å². The Labute approximate surface area is 176 Å². The first-order chi connectivity index (χ1) is 14.6. The Bertz CT molecular complexity index is 792. The lowest BCUT2D eigenvalue weighted by Crippen LogP contribution is -2.10. The Morgan fingerprint density at radius 1 is 0.633 bits per heavy atom. The van der Waals surface area contributed by atoms with Crippen molar-refractivity contribution in [3.8, 4) is 11.5 Å². The summed E-state index contributed by atoms with van der Waals surface area (Å²) in [6.07, 6.45) is 6.21. The maximum atomic E-state index is 10.9. The summed E-state index contributed by atoms with van der Waals surface area (Å²) >= 11 is 0. The summed E-state index contributed by atoms with van der Waals surface area (Å²) in [5.74, 6) is 0.463. The Balaban J connectivity index is 1.75. The van der Waals surface area contributed by atoms with Gasteiger partial charge in [0.2, 0.25) is 0 Å². The van der Waals surface area contributed by atoms with Crippen LogP contribution in [0, 0.1) is 0 Å². The number of ether oxygens (including phenoxy) is 4. The molecule has 0 saturated heterocycles. The Kier molecular flexibility index (Phi) is 9.46. The molecule has 6 heteroatoms. The lowest BCUT2D eigenvalue weighted by atomic mass is 10.1. The predicted octanol–water partition coefficient (Wildman–Crippen LogP) is 4.07. The first-order valence-electron chi connectivity index (χ1n) is 9.33. The molecule has 2 aromatic carbocycles. The van der Waals surface area contributed by atoms with Crippen LogP contribution in [0.15, 0.2) is 73.8 Å². The second kappa shape index (κ2) is 12.6. The Morgan fingerprint density at radius 3 is 1.33 bits per heavy atom. The van der Waals surface area contributed by atoms with E-state index in [4.69, 9.17) is 18.9 Å². The maximum Gasteiger partial charge on any atom is 0.330 e. The monoisotopic (exact) mass is 408 g/mol. The molecule has 2 aromatic rings. The molecular weight excluding hydrogens is 384 g/mol. The summed E-state index contributed by atoms with van der Waals surface area (Å²) in [5.41, 5.74) is 2.04. The number of carbonyl (C=O) groups is 2. The molecule has 0 unspecified atom stereocenters. The highest BCUT2D eigenvalue weighted by atomic mass is 16.6. The first kappa shape index (κ1) is 22.5. The number of rotatable bonds is 12. The molecule has 0 N–H and O–H groups in total. The maximum absolute atomic E-state index is 10.9. The van der Waals surface area contributed by atoms with Crippen molar-refractivity contribution in [2.45, 2.75) is 0 Å². The number of hydrogen-bond acceptors (Lipinski definition) is 6. The molecule has 0 aliphatic heterocycles. The smallest absolute Gasteiger partial charge is 0.330 e. The van der Waals surface area contributed by atoms with Crippen molar-refractivity contribution in [3.63, 3.8) is 0 Å². The molecule has 0 spiro atoms. The fourth-order valence-electron chi connectivity index (χ4n) is 2.26. The van der Waals surface area contributed by atoms with Gasteiger partial charge in [-0.2, -0.15) is 0 Å². The molecule has 0 aliphatic carbocycles.